The number of aryl methyl sites for hydroxylation is 1. The number of halogens is 2. The number of hydrogen-bond donors (Lipinski definition) is 1. The van der Waals surface area contributed by atoms with E-state index in [0.717, 1.165) is 21.8 Å². The molecule has 4 aromatic rings. The number of carbonyl (C=O) groups is 1. The van der Waals surface area contributed by atoms with E-state index in [2.05, 4.69) is 10.3 Å². The standard InChI is InChI=1S/C20H14ClFN2O3S/c1-11-2-5-15-18(8-11)28-20(23-15)24-19(25)17-7-4-13(27-17)10-26-16-6-3-12(22)9-14(16)21/h2-9H,10H2,1H3,(H,23,24,25). The van der Waals surface area contributed by atoms with Gasteiger partial charge in [0.1, 0.15) is 23.9 Å². The summed E-state index contributed by atoms with van der Waals surface area (Å²) in [6, 6.07) is 12.9. The number of nitrogens with zero attached hydrogens (tertiary/aromatic N) is 1. The third-order valence-electron chi connectivity index (χ3n) is 3.91. The predicted molar refractivity (Wildman–Crippen MR) is 107 cm³/mol. The molecule has 0 unspecified atom stereocenters. The minimum absolute atomic E-state index is 0.0546. The zero-order chi connectivity index (χ0) is 19.7. The van der Waals surface area contributed by atoms with Gasteiger partial charge in [0, 0.05) is 0 Å². The van der Waals surface area contributed by atoms with Gasteiger partial charge in [0.25, 0.3) is 5.91 Å². The topological polar surface area (TPSA) is 64.4 Å². The van der Waals surface area contributed by atoms with Crippen LogP contribution in [0, 0.1) is 12.7 Å². The number of nitrogens with one attached hydrogen (secondary N) is 1. The summed E-state index contributed by atoms with van der Waals surface area (Å²) in [6.45, 7) is 2.06. The Bertz CT molecular complexity index is 1170. The van der Waals surface area contributed by atoms with Crippen molar-refractivity contribution < 1.29 is 18.3 Å². The van der Waals surface area contributed by atoms with Crippen molar-refractivity contribution in [2.45, 2.75) is 13.5 Å². The predicted octanol–water partition coefficient (Wildman–Crippen LogP) is 5.82. The average molecular weight is 417 g/mol. The lowest BCUT2D eigenvalue weighted by Crippen LogP contribution is -2.10. The van der Waals surface area contributed by atoms with E-state index < -0.39 is 11.7 Å². The number of fused-ring (bicyclic) bond motifs is 1. The number of anilines is 1. The molecule has 0 bridgehead atoms. The summed E-state index contributed by atoms with van der Waals surface area (Å²) in [5, 5.41) is 3.40. The van der Waals surface area contributed by atoms with Crippen molar-refractivity contribution in [2.24, 2.45) is 0 Å². The van der Waals surface area contributed by atoms with Crippen LogP contribution in [0.2, 0.25) is 5.02 Å². The van der Waals surface area contributed by atoms with Crippen LogP contribution in [0.3, 0.4) is 0 Å². The molecule has 0 aliphatic heterocycles. The monoisotopic (exact) mass is 416 g/mol. The van der Waals surface area contributed by atoms with Gasteiger partial charge in [-0.1, -0.05) is 29.0 Å². The summed E-state index contributed by atoms with van der Waals surface area (Å²) < 4.78 is 25.1. The summed E-state index contributed by atoms with van der Waals surface area (Å²) in [7, 11) is 0. The lowest BCUT2D eigenvalue weighted by atomic mass is 10.2. The first-order valence-corrected chi connectivity index (χ1v) is 9.52. The van der Waals surface area contributed by atoms with E-state index in [-0.39, 0.29) is 17.4 Å². The lowest BCUT2D eigenvalue weighted by molar-refractivity contribution is 0.0992. The van der Waals surface area contributed by atoms with Gasteiger partial charge in [-0.25, -0.2) is 9.37 Å². The number of rotatable bonds is 5. The smallest absolute Gasteiger partial charge is 0.293 e. The van der Waals surface area contributed by atoms with Gasteiger partial charge in [-0.15, -0.1) is 0 Å². The summed E-state index contributed by atoms with van der Waals surface area (Å²) in [4.78, 5) is 16.8. The van der Waals surface area contributed by atoms with Gasteiger partial charge in [0.15, 0.2) is 10.9 Å². The Labute approximate surface area is 168 Å². The third kappa shape index (κ3) is 4.00. The molecule has 0 radical (unpaired) electrons. The van der Waals surface area contributed by atoms with Gasteiger partial charge < -0.3 is 9.15 Å². The van der Waals surface area contributed by atoms with Crippen LogP contribution in [0.1, 0.15) is 21.9 Å². The molecule has 0 atom stereocenters. The number of furan rings is 1. The van der Waals surface area contributed by atoms with Crippen LogP contribution in [-0.4, -0.2) is 10.9 Å². The Kier molecular flexibility index (Phi) is 5.02. The van der Waals surface area contributed by atoms with Crippen molar-refractivity contribution in [1.29, 1.82) is 0 Å². The second-order valence-corrected chi connectivity index (χ2v) is 7.51. The van der Waals surface area contributed by atoms with E-state index in [1.165, 1.54) is 23.5 Å². The van der Waals surface area contributed by atoms with Crippen molar-refractivity contribution in [3.8, 4) is 5.75 Å². The fourth-order valence-electron chi connectivity index (χ4n) is 2.56. The number of hydrogen-bond acceptors (Lipinski definition) is 5. The molecule has 0 saturated carbocycles. The molecule has 2 heterocycles. The van der Waals surface area contributed by atoms with Crippen LogP contribution >= 0.6 is 22.9 Å². The molecule has 1 amide bonds. The Morgan fingerprint density at radius 2 is 2.11 bits per heavy atom. The highest BCUT2D eigenvalue weighted by molar-refractivity contribution is 7.22. The zero-order valence-electron chi connectivity index (χ0n) is 14.7. The Balaban J connectivity index is 1.42. The molecular formula is C20H14ClFN2O3S. The average Bonchev–Trinajstić information content (AvgIpc) is 3.27. The van der Waals surface area contributed by atoms with E-state index in [4.69, 9.17) is 20.8 Å². The first-order chi connectivity index (χ1) is 13.5. The zero-order valence-corrected chi connectivity index (χ0v) is 16.2. The van der Waals surface area contributed by atoms with E-state index in [1.54, 1.807) is 12.1 Å². The second kappa shape index (κ2) is 7.61. The van der Waals surface area contributed by atoms with Crippen molar-refractivity contribution in [3.05, 3.63) is 76.5 Å². The minimum Gasteiger partial charge on any atom is -0.484 e. The summed E-state index contributed by atoms with van der Waals surface area (Å²) in [6.07, 6.45) is 0. The molecule has 2 aromatic heterocycles. The molecule has 0 aliphatic carbocycles. The summed E-state index contributed by atoms with van der Waals surface area (Å²) in [5.41, 5.74) is 1.96. The molecule has 1 N–H and O–H groups in total. The number of amides is 1. The fraction of sp³-hybridized carbons (Fsp3) is 0.100. The van der Waals surface area contributed by atoms with Crippen LogP contribution in [0.15, 0.2) is 52.9 Å². The van der Waals surface area contributed by atoms with Crippen molar-refractivity contribution >= 4 is 44.2 Å². The molecule has 4 rings (SSSR count). The molecule has 142 valence electrons. The fourth-order valence-corrected chi connectivity index (χ4v) is 3.74. The van der Waals surface area contributed by atoms with Gasteiger partial charge >= 0.3 is 0 Å². The lowest BCUT2D eigenvalue weighted by Gasteiger charge is -2.06. The van der Waals surface area contributed by atoms with Gasteiger partial charge in [-0.05, 0) is 55.0 Å². The SMILES string of the molecule is Cc1ccc2nc(NC(=O)c3ccc(COc4ccc(F)cc4Cl)o3)sc2c1. The first-order valence-electron chi connectivity index (χ1n) is 8.33. The number of benzene rings is 2. The molecule has 2 aromatic carbocycles. The van der Waals surface area contributed by atoms with Crippen LogP contribution in [0.25, 0.3) is 10.2 Å². The van der Waals surface area contributed by atoms with Crippen LogP contribution in [-0.2, 0) is 6.61 Å². The Morgan fingerprint density at radius 3 is 2.93 bits per heavy atom. The number of ether oxygens (including phenoxy) is 1. The molecule has 0 aliphatic rings. The number of aromatic nitrogens is 1. The van der Waals surface area contributed by atoms with Gasteiger partial charge in [0.05, 0.1) is 15.2 Å². The van der Waals surface area contributed by atoms with E-state index >= 15 is 0 Å². The summed E-state index contributed by atoms with van der Waals surface area (Å²) >= 11 is 7.32. The molecule has 8 heteroatoms. The minimum atomic E-state index is -0.445. The van der Waals surface area contributed by atoms with E-state index in [1.807, 2.05) is 25.1 Å². The highest BCUT2D eigenvalue weighted by Gasteiger charge is 2.15. The molecule has 0 saturated heterocycles. The maximum atomic E-state index is 13.1. The van der Waals surface area contributed by atoms with Crippen LogP contribution < -0.4 is 10.1 Å². The highest BCUT2D eigenvalue weighted by atomic mass is 35.5. The third-order valence-corrected chi connectivity index (χ3v) is 5.14. The highest BCUT2D eigenvalue weighted by Crippen LogP contribution is 2.28. The van der Waals surface area contributed by atoms with Crippen molar-refractivity contribution in [3.63, 3.8) is 0 Å². The van der Waals surface area contributed by atoms with Gasteiger partial charge in [-0.3, -0.25) is 10.1 Å². The normalized spacial score (nSPS) is 11.0. The van der Waals surface area contributed by atoms with Crippen LogP contribution in [0.5, 0.6) is 5.75 Å². The molecule has 5 nitrogen and oxygen atoms in total. The Hall–Kier alpha value is -2.90. The Morgan fingerprint density at radius 1 is 1.25 bits per heavy atom. The first kappa shape index (κ1) is 18.5. The van der Waals surface area contributed by atoms with Crippen molar-refractivity contribution in [2.75, 3.05) is 5.32 Å². The molecule has 0 spiro atoms. The maximum absolute atomic E-state index is 13.1. The van der Waals surface area contributed by atoms with Crippen LogP contribution in [0.4, 0.5) is 9.52 Å². The maximum Gasteiger partial charge on any atom is 0.293 e. The van der Waals surface area contributed by atoms with Crippen molar-refractivity contribution in [1.82, 2.24) is 4.98 Å². The van der Waals surface area contributed by atoms with Gasteiger partial charge in [0.2, 0.25) is 0 Å². The number of carbonyl (C=O) groups excluding carboxylic acids is 1. The molecular weight excluding hydrogens is 403 g/mol. The largest absolute Gasteiger partial charge is 0.484 e. The number of thiazole rings is 1. The van der Waals surface area contributed by atoms with E-state index in [9.17, 15) is 9.18 Å². The van der Waals surface area contributed by atoms with Gasteiger partial charge in [-0.2, -0.15) is 0 Å². The van der Waals surface area contributed by atoms with E-state index in [0.29, 0.717) is 16.6 Å². The summed E-state index contributed by atoms with van der Waals surface area (Å²) in [5.74, 6) is 0.0566. The second-order valence-electron chi connectivity index (χ2n) is 6.07. The molecule has 0 fully saturated rings. The molecule has 28 heavy (non-hydrogen) atoms. The quantitative estimate of drug-likeness (QED) is 0.445.